The standard InChI is InChI=1S/C26H26N2O2/c1-3-16-29-21-14-12-20(13-15-21)26-28-24(22-6-4-5-7-25(22)30-26)17-23(27-28)19-10-8-18(2)9-11-19/h4-15,17,24,26-27H,3,16H2,1-2H3/t24-,26+/m0/s1. The van der Waals surface area contributed by atoms with Gasteiger partial charge < -0.3 is 14.9 Å². The zero-order chi connectivity index (χ0) is 20.5. The summed E-state index contributed by atoms with van der Waals surface area (Å²) in [5, 5.41) is 2.19. The van der Waals surface area contributed by atoms with E-state index >= 15 is 0 Å². The van der Waals surface area contributed by atoms with Crippen LogP contribution in [0.3, 0.4) is 0 Å². The maximum absolute atomic E-state index is 6.45. The number of aryl methyl sites for hydroxylation is 1. The highest BCUT2D eigenvalue weighted by atomic mass is 16.5. The SMILES string of the molecule is CCCOc1ccc([C@H]2Oc3ccccc3[C@@H]3C=C(c4ccc(C)cc4)NN23)cc1. The van der Waals surface area contributed by atoms with Crippen LogP contribution < -0.4 is 14.9 Å². The number of hydrogen-bond acceptors (Lipinski definition) is 4. The number of nitrogens with one attached hydrogen (secondary N) is 1. The van der Waals surface area contributed by atoms with E-state index < -0.39 is 0 Å². The highest BCUT2D eigenvalue weighted by Gasteiger charge is 2.39. The van der Waals surface area contributed by atoms with Crippen LogP contribution >= 0.6 is 0 Å². The summed E-state index contributed by atoms with van der Waals surface area (Å²) >= 11 is 0. The molecular weight excluding hydrogens is 372 g/mol. The molecule has 152 valence electrons. The van der Waals surface area contributed by atoms with Crippen molar-refractivity contribution in [2.75, 3.05) is 6.61 Å². The van der Waals surface area contributed by atoms with E-state index in [1.54, 1.807) is 0 Å². The molecule has 2 heterocycles. The van der Waals surface area contributed by atoms with Gasteiger partial charge in [0, 0.05) is 11.1 Å². The minimum absolute atomic E-state index is 0.104. The average molecular weight is 399 g/mol. The van der Waals surface area contributed by atoms with Crippen LogP contribution in [0.5, 0.6) is 11.5 Å². The highest BCUT2D eigenvalue weighted by Crippen LogP contribution is 2.45. The topological polar surface area (TPSA) is 33.7 Å². The van der Waals surface area contributed by atoms with E-state index in [-0.39, 0.29) is 12.3 Å². The molecule has 0 aliphatic carbocycles. The third-order valence-electron chi connectivity index (χ3n) is 5.60. The quantitative estimate of drug-likeness (QED) is 0.591. The monoisotopic (exact) mass is 398 g/mol. The molecule has 0 bridgehead atoms. The lowest BCUT2D eigenvalue weighted by Crippen LogP contribution is -2.43. The van der Waals surface area contributed by atoms with Crippen molar-refractivity contribution >= 4 is 5.70 Å². The van der Waals surface area contributed by atoms with Gasteiger partial charge in [-0.1, -0.05) is 67.1 Å². The second-order valence-electron chi connectivity index (χ2n) is 7.84. The van der Waals surface area contributed by atoms with Gasteiger partial charge in [-0.3, -0.25) is 0 Å². The zero-order valence-corrected chi connectivity index (χ0v) is 17.3. The van der Waals surface area contributed by atoms with E-state index in [4.69, 9.17) is 9.47 Å². The van der Waals surface area contributed by atoms with Crippen molar-refractivity contribution in [2.45, 2.75) is 32.5 Å². The minimum atomic E-state index is -0.232. The van der Waals surface area contributed by atoms with Crippen LogP contribution in [0.1, 0.15) is 47.9 Å². The summed E-state index contributed by atoms with van der Waals surface area (Å²) in [5.74, 6) is 1.82. The van der Waals surface area contributed by atoms with Gasteiger partial charge in [-0.2, -0.15) is 5.01 Å². The molecule has 0 saturated carbocycles. The van der Waals surface area contributed by atoms with E-state index in [0.29, 0.717) is 0 Å². The number of fused-ring (bicyclic) bond motifs is 3. The van der Waals surface area contributed by atoms with Crippen molar-refractivity contribution in [2.24, 2.45) is 0 Å². The maximum Gasteiger partial charge on any atom is 0.195 e. The van der Waals surface area contributed by atoms with E-state index in [9.17, 15) is 0 Å². The summed E-state index contributed by atoms with van der Waals surface area (Å²) in [4.78, 5) is 0. The van der Waals surface area contributed by atoms with Crippen LogP contribution in [-0.2, 0) is 0 Å². The van der Waals surface area contributed by atoms with Gasteiger partial charge in [0.2, 0.25) is 0 Å². The average Bonchev–Trinajstić information content (AvgIpc) is 3.24. The number of nitrogens with zero attached hydrogens (tertiary/aromatic N) is 1. The van der Waals surface area contributed by atoms with Crippen molar-refractivity contribution in [3.05, 3.63) is 101 Å². The molecule has 0 aromatic heterocycles. The molecule has 2 aliphatic heterocycles. The van der Waals surface area contributed by atoms with E-state index in [1.807, 2.05) is 18.2 Å². The zero-order valence-electron chi connectivity index (χ0n) is 17.3. The molecule has 0 fully saturated rings. The predicted molar refractivity (Wildman–Crippen MR) is 119 cm³/mol. The Bertz CT molecular complexity index is 1060. The number of benzene rings is 3. The molecule has 5 rings (SSSR count). The van der Waals surface area contributed by atoms with Gasteiger partial charge in [-0.15, -0.1) is 0 Å². The lowest BCUT2D eigenvalue weighted by molar-refractivity contribution is -0.0326. The Kier molecular flexibility index (Phi) is 4.93. The number of hydrazine groups is 1. The van der Waals surface area contributed by atoms with Gasteiger partial charge in [0.1, 0.15) is 11.5 Å². The molecule has 0 unspecified atom stereocenters. The fraction of sp³-hybridized carbons (Fsp3) is 0.231. The highest BCUT2D eigenvalue weighted by molar-refractivity contribution is 5.67. The molecule has 0 spiro atoms. The molecular formula is C26H26N2O2. The van der Waals surface area contributed by atoms with Crippen molar-refractivity contribution in [3.63, 3.8) is 0 Å². The van der Waals surface area contributed by atoms with E-state index in [2.05, 4.69) is 85.0 Å². The van der Waals surface area contributed by atoms with Gasteiger partial charge in [0.05, 0.1) is 18.3 Å². The molecule has 4 heteroatoms. The third kappa shape index (κ3) is 3.44. The van der Waals surface area contributed by atoms with Crippen LogP contribution in [-0.4, -0.2) is 11.6 Å². The molecule has 2 atom stereocenters. The Morgan fingerprint density at radius 2 is 1.73 bits per heavy atom. The minimum Gasteiger partial charge on any atom is -0.494 e. The lowest BCUT2D eigenvalue weighted by atomic mass is 10.0. The van der Waals surface area contributed by atoms with Gasteiger partial charge in [0.15, 0.2) is 6.23 Å². The van der Waals surface area contributed by atoms with Crippen LogP contribution in [0.2, 0.25) is 0 Å². The van der Waals surface area contributed by atoms with Crippen molar-refractivity contribution in [1.82, 2.24) is 10.4 Å². The largest absolute Gasteiger partial charge is 0.494 e. The summed E-state index contributed by atoms with van der Waals surface area (Å²) < 4.78 is 12.2. The first kappa shape index (κ1) is 18.8. The first-order valence-corrected chi connectivity index (χ1v) is 10.5. The Hall–Kier alpha value is -3.24. The lowest BCUT2D eigenvalue weighted by Gasteiger charge is -2.39. The van der Waals surface area contributed by atoms with Gasteiger partial charge in [-0.25, -0.2) is 0 Å². The molecule has 30 heavy (non-hydrogen) atoms. The Labute approximate surface area is 177 Å². The smallest absolute Gasteiger partial charge is 0.195 e. The van der Waals surface area contributed by atoms with Crippen LogP contribution in [0.4, 0.5) is 0 Å². The van der Waals surface area contributed by atoms with E-state index in [1.165, 1.54) is 16.7 Å². The summed E-state index contributed by atoms with van der Waals surface area (Å²) in [6.07, 6.45) is 3.05. The molecule has 1 N–H and O–H groups in total. The third-order valence-corrected chi connectivity index (χ3v) is 5.60. The van der Waals surface area contributed by atoms with Crippen molar-refractivity contribution in [1.29, 1.82) is 0 Å². The molecule has 2 aliphatic rings. The first-order chi connectivity index (χ1) is 14.7. The van der Waals surface area contributed by atoms with Crippen LogP contribution in [0.15, 0.2) is 78.9 Å². The van der Waals surface area contributed by atoms with Gasteiger partial charge >= 0.3 is 0 Å². The van der Waals surface area contributed by atoms with E-state index in [0.717, 1.165) is 35.8 Å². The molecule has 3 aromatic carbocycles. The number of hydrogen-bond donors (Lipinski definition) is 1. The number of rotatable bonds is 5. The predicted octanol–water partition coefficient (Wildman–Crippen LogP) is 5.78. The fourth-order valence-corrected chi connectivity index (χ4v) is 4.01. The Balaban J connectivity index is 1.48. The summed E-state index contributed by atoms with van der Waals surface area (Å²) in [6, 6.07) is 25.2. The number of ether oxygens (including phenoxy) is 2. The summed E-state index contributed by atoms with van der Waals surface area (Å²) in [5.41, 5.74) is 9.40. The first-order valence-electron chi connectivity index (χ1n) is 10.5. The van der Waals surface area contributed by atoms with Crippen LogP contribution in [0.25, 0.3) is 5.70 Å². The second-order valence-corrected chi connectivity index (χ2v) is 7.84. The summed E-state index contributed by atoms with van der Waals surface area (Å²) in [6.45, 7) is 4.95. The Morgan fingerprint density at radius 1 is 0.967 bits per heavy atom. The molecule has 0 saturated heterocycles. The van der Waals surface area contributed by atoms with Crippen molar-refractivity contribution in [3.8, 4) is 11.5 Å². The van der Waals surface area contributed by atoms with Crippen LogP contribution in [0, 0.1) is 6.92 Å². The van der Waals surface area contributed by atoms with Crippen molar-refractivity contribution < 1.29 is 9.47 Å². The fourth-order valence-electron chi connectivity index (χ4n) is 4.01. The Morgan fingerprint density at radius 3 is 2.50 bits per heavy atom. The van der Waals surface area contributed by atoms with Gasteiger partial charge in [-0.05, 0) is 43.2 Å². The molecule has 0 radical (unpaired) electrons. The second kappa shape index (κ2) is 7.88. The molecule has 3 aromatic rings. The summed E-state index contributed by atoms with van der Waals surface area (Å²) in [7, 11) is 0. The molecule has 0 amide bonds. The van der Waals surface area contributed by atoms with Gasteiger partial charge in [0.25, 0.3) is 0 Å². The maximum atomic E-state index is 6.45. The molecule has 4 nitrogen and oxygen atoms in total. The number of para-hydroxylation sites is 1. The normalized spacial score (nSPS) is 19.9.